The lowest BCUT2D eigenvalue weighted by Crippen LogP contribution is -2.05. The number of para-hydroxylation sites is 2. The van der Waals surface area contributed by atoms with Gasteiger partial charge in [0.2, 0.25) is 0 Å². The molecule has 6 heteroatoms. The van der Waals surface area contributed by atoms with Gasteiger partial charge in [-0.15, -0.1) is 0 Å². The van der Waals surface area contributed by atoms with Crippen LogP contribution in [-0.2, 0) is 0 Å². The summed E-state index contributed by atoms with van der Waals surface area (Å²) in [7, 11) is 0. The van der Waals surface area contributed by atoms with Gasteiger partial charge in [-0.25, -0.2) is 0 Å². The van der Waals surface area contributed by atoms with E-state index in [1.165, 1.54) is 43.1 Å². The predicted octanol–water partition coefficient (Wildman–Crippen LogP) is 16.3. The van der Waals surface area contributed by atoms with Crippen molar-refractivity contribution in [3.8, 4) is 11.5 Å². The van der Waals surface area contributed by atoms with E-state index in [2.05, 4.69) is 228 Å². The van der Waals surface area contributed by atoms with Crippen molar-refractivity contribution < 1.29 is 9.47 Å². The summed E-state index contributed by atoms with van der Waals surface area (Å²) in [5.74, 6) is 1.62. The van der Waals surface area contributed by atoms with Crippen molar-refractivity contribution in [3.05, 3.63) is 206 Å². The van der Waals surface area contributed by atoms with Gasteiger partial charge in [0.1, 0.15) is 22.9 Å². The molecule has 0 spiro atoms. The predicted molar refractivity (Wildman–Crippen MR) is 271 cm³/mol. The summed E-state index contributed by atoms with van der Waals surface area (Å²) in [5, 5.41) is 24.4. The van der Waals surface area contributed by atoms with Crippen molar-refractivity contribution in [2.24, 2.45) is 0 Å². The van der Waals surface area contributed by atoms with Crippen molar-refractivity contribution in [1.82, 2.24) is 0 Å². The largest absolute Gasteiger partial charge is 0.491 e. The van der Waals surface area contributed by atoms with Crippen LogP contribution in [0.1, 0.15) is 25.7 Å². The average Bonchev–Trinajstić information content (AvgIpc) is 3.34. The highest BCUT2D eigenvalue weighted by Gasteiger charge is 2.14. The molecular formula is C58H50N4O2. The summed E-state index contributed by atoms with van der Waals surface area (Å²) in [4.78, 5) is 0. The molecule has 4 N–H and O–H groups in total. The quantitative estimate of drug-likeness (QED) is 0.0685. The molecule has 10 aromatic carbocycles. The number of anilines is 8. The zero-order valence-electron chi connectivity index (χ0n) is 35.7. The molecule has 0 heterocycles. The maximum absolute atomic E-state index is 6.56. The van der Waals surface area contributed by atoms with Crippen LogP contribution in [0.25, 0.3) is 43.1 Å². The molecule has 10 rings (SSSR count). The van der Waals surface area contributed by atoms with E-state index < -0.39 is 0 Å². The van der Waals surface area contributed by atoms with Gasteiger partial charge in [0.05, 0.1) is 24.6 Å². The van der Waals surface area contributed by atoms with E-state index in [1.54, 1.807) is 0 Å². The van der Waals surface area contributed by atoms with Gasteiger partial charge in [-0.05, 0) is 142 Å². The Hall–Kier alpha value is -7.96. The van der Waals surface area contributed by atoms with Crippen molar-refractivity contribution >= 4 is 88.6 Å². The number of ether oxygens (including phenoxy) is 2. The Labute approximate surface area is 374 Å². The van der Waals surface area contributed by atoms with Gasteiger partial charge in [0.15, 0.2) is 0 Å². The lowest BCUT2D eigenvalue weighted by molar-refractivity contribution is 0.289. The number of hydrogen-bond donors (Lipinski definition) is 4. The summed E-state index contributed by atoms with van der Waals surface area (Å²) < 4.78 is 13.1. The van der Waals surface area contributed by atoms with Crippen molar-refractivity contribution in [1.29, 1.82) is 0 Å². The smallest absolute Gasteiger partial charge is 0.144 e. The first kappa shape index (κ1) is 40.1. The number of fused-ring (bicyclic) bond motifs is 4. The molecule has 0 aliphatic rings. The highest BCUT2D eigenvalue weighted by atomic mass is 16.5. The molecule has 0 aliphatic carbocycles. The third-order valence-corrected chi connectivity index (χ3v) is 11.7. The van der Waals surface area contributed by atoms with Crippen LogP contribution in [0.3, 0.4) is 0 Å². The summed E-state index contributed by atoms with van der Waals surface area (Å²) >= 11 is 0. The Kier molecular flexibility index (Phi) is 11.9. The summed E-state index contributed by atoms with van der Waals surface area (Å²) in [6.45, 7) is 1.21. The molecule has 6 nitrogen and oxygen atoms in total. The Morgan fingerprint density at radius 3 is 0.922 bits per heavy atom. The minimum atomic E-state index is 0.606. The highest BCUT2D eigenvalue weighted by Crippen LogP contribution is 2.40. The van der Waals surface area contributed by atoms with Crippen LogP contribution in [0.15, 0.2) is 206 Å². The van der Waals surface area contributed by atoms with E-state index in [1.807, 2.05) is 0 Å². The lowest BCUT2D eigenvalue weighted by Gasteiger charge is -2.19. The van der Waals surface area contributed by atoms with E-state index in [9.17, 15) is 0 Å². The van der Waals surface area contributed by atoms with Gasteiger partial charge in [-0.3, -0.25) is 0 Å². The molecule has 0 radical (unpaired) electrons. The van der Waals surface area contributed by atoms with Gasteiger partial charge in [-0.2, -0.15) is 0 Å². The summed E-state index contributed by atoms with van der Waals surface area (Å²) in [6, 6.07) is 72.0. The zero-order chi connectivity index (χ0) is 42.9. The molecule has 0 atom stereocenters. The number of nitrogens with one attached hydrogen (secondary N) is 4. The Morgan fingerprint density at radius 1 is 0.266 bits per heavy atom. The van der Waals surface area contributed by atoms with E-state index in [0.29, 0.717) is 13.2 Å². The van der Waals surface area contributed by atoms with Crippen molar-refractivity contribution in [2.45, 2.75) is 25.7 Å². The molecule has 0 fully saturated rings. The standard InChI is InChI=1S/C58H50N4O2/c1(11-35-63-55-25-13-23-53(59-49-31-27-41-15-3-7-19-45(41)37-49)57(55)61-51-33-29-43-17-5-9-21-47(43)39-51)2-12-36-64-56-26-14-24-54(60-50-32-28-42-16-4-8-20-46(42)38-50)58(56)62-52-34-30-44-18-6-10-22-48(44)40-52/h3-10,13-34,37-40,59-62H,1-2,11-12,35-36H2. The Balaban J connectivity index is 0.796. The molecule has 0 bridgehead atoms. The van der Waals surface area contributed by atoms with Gasteiger partial charge in [0.25, 0.3) is 0 Å². The van der Waals surface area contributed by atoms with Gasteiger partial charge in [-0.1, -0.05) is 133 Å². The first-order chi connectivity index (χ1) is 31.7. The molecule has 0 unspecified atom stereocenters. The SMILES string of the molecule is c1cc(Nc2ccc3ccccc3c2)c(Nc2ccc3ccccc3c2)c(OCCCCCCOc2cccc(Nc3ccc4ccccc4c3)c2Nc2ccc3ccccc3c2)c1. The minimum absolute atomic E-state index is 0.606. The molecule has 0 amide bonds. The van der Waals surface area contributed by atoms with Crippen LogP contribution in [0.2, 0.25) is 0 Å². The third-order valence-electron chi connectivity index (χ3n) is 11.7. The molecule has 0 saturated carbocycles. The first-order valence-electron chi connectivity index (χ1n) is 22.2. The summed E-state index contributed by atoms with van der Waals surface area (Å²) in [5.41, 5.74) is 7.75. The van der Waals surface area contributed by atoms with Crippen LogP contribution in [0, 0.1) is 0 Å². The minimum Gasteiger partial charge on any atom is -0.491 e. The number of rotatable bonds is 17. The summed E-state index contributed by atoms with van der Waals surface area (Å²) in [6.07, 6.45) is 3.91. The molecular weight excluding hydrogens is 785 g/mol. The van der Waals surface area contributed by atoms with Crippen LogP contribution < -0.4 is 30.7 Å². The van der Waals surface area contributed by atoms with E-state index >= 15 is 0 Å². The molecule has 64 heavy (non-hydrogen) atoms. The van der Waals surface area contributed by atoms with Gasteiger partial charge in [0, 0.05) is 22.7 Å². The van der Waals surface area contributed by atoms with Crippen LogP contribution in [0.4, 0.5) is 45.5 Å². The fraction of sp³-hybridized carbons (Fsp3) is 0.103. The second-order valence-electron chi connectivity index (χ2n) is 16.2. The van der Waals surface area contributed by atoms with Crippen LogP contribution in [-0.4, -0.2) is 13.2 Å². The third kappa shape index (κ3) is 9.42. The second kappa shape index (κ2) is 19.0. The number of benzene rings is 10. The maximum atomic E-state index is 6.56. The second-order valence-corrected chi connectivity index (χ2v) is 16.2. The normalized spacial score (nSPS) is 11.2. The lowest BCUT2D eigenvalue weighted by atomic mass is 10.1. The van der Waals surface area contributed by atoms with Gasteiger partial charge >= 0.3 is 0 Å². The zero-order valence-corrected chi connectivity index (χ0v) is 35.7. The molecule has 0 aliphatic heterocycles. The first-order valence-corrected chi connectivity index (χ1v) is 22.2. The highest BCUT2D eigenvalue weighted by molar-refractivity contribution is 5.93. The van der Waals surface area contributed by atoms with E-state index in [4.69, 9.17) is 9.47 Å². The van der Waals surface area contributed by atoms with Crippen LogP contribution in [0.5, 0.6) is 11.5 Å². The van der Waals surface area contributed by atoms with Crippen LogP contribution >= 0.6 is 0 Å². The molecule has 0 aromatic heterocycles. The molecule has 10 aromatic rings. The fourth-order valence-electron chi connectivity index (χ4n) is 8.36. The van der Waals surface area contributed by atoms with Gasteiger partial charge < -0.3 is 30.7 Å². The van der Waals surface area contributed by atoms with Crippen molar-refractivity contribution in [3.63, 3.8) is 0 Å². The van der Waals surface area contributed by atoms with E-state index in [0.717, 1.165) is 82.7 Å². The number of unbranched alkanes of at least 4 members (excludes halogenated alkanes) is 3. The topological polar surface area (TPSA) is 66.6 Å². The fourth-order valence-corrected chi connectivity index (χ4v) is 8.36. The Morgan fingerprint density at radius 2 is 0.578 bits per heavy atom. The van der Waals surface area contributed by atoms with Crippen molar-refractivity contribution in [2.75, 3.05) is 34.5 Å². The monoisotopic (exact) mass is 834 g/mol. The average molecular weight is 835 g/mol. The van der Waals surface area contributed by atoms with E-state index in [-0.39, 0.29) is 0 Å². The Bertz CT molecular complexity index is 3000. The molecule has 0 saturated heterocycles. The number of hydrogen-bond acceptors (Lipinski definition) is 6. The maximum Gasteiger partial charge on any atom is 0.144 e. The molecule has 314 valence electrons.